The molecule has 0 bridgehead atoms. The maximum Gasteiger partial charge on any atom is 0.264 e. The van der Waals surface area contributed by atoms with Crippen molar-refractivity contribution in [2.45, 2.75) is 11.8 Å². The van der Waals surface area contributed by atoms with E-state index in [1.807, 2.05) is 14.0 Å². The monoisotopic (exact) mass is 455 g/mol. The van der Waals surface area contributed by atoms with E-state index in [9.17, 15) is 13.2 Å². The fourth-order valence-electron chi connectivity index (χ4n) is 3.10. The number of halogens is 2. The highest BCUT2D eigenvalue weighted by atomic mass is 35.5. The van der Waals surface area contributed by atoms with Crippen molar-refractivity contribution < 1.29 is 13.2 Å². The highest BCUT2D eigenvalue weighted by Crippen LogP contribution is 2.35. The summed E-state index contributed by atoms with van der Waals surface area (Å²) < 4.78 is 27.9. The highest BCUT2D eigenvalue weighted by molar-refractivity contribution is 7.92. The number of anilines is 1. The molecule has 1 fully saturated rings. The zero-order valence-electron chi connectivity index (χ0n) is 16.3. The molecule has 0 aliphatic carbocycles. The fourth-order valence-corrected chi connectivity index (χ4v) is 4.97. The predicted octanol–water partition coefficient (Wildman–Crippen LogP) is 3.27. The molecule has 3 rings (SSSR count). The van der Waals surface area contributed by atoms with Gasteiger partial charge in [0.2, 0.25) is 5.91 Å². The number of aryl methyl sites for hydroxylation is 1. The molecule has 0 unspecified atom stereocenters. The summed E-state index contributed by atoms with van der Waals surface area (Å²) in [5.74, 6) is -0.273. The zero-order chi connectivity index (χ0) is 21.2. The molecule has 0 spiro atoms. The molecule has 1 heterocycles. The molecule has 156 valence electrons. The Morgan fingerprint density at radius 3 is 2.28 bits per heavy atom. The zero-order valence-corrected chi connectivity index (χ0v) is 18.6. The van der Waals surface area contributed by atoms with E-state index in [0.717, 1.165) is 23.0 Å². The predicted molar refractivity (Wildman–Crippen MR) is 116 cm³/mol. The first-order valence-electron chi connectivity index (χ1n) is 9.20. The number of benzene rings is 2. The molecule has 0 radical (unpaired) electrons. The maximum absolute atomic E-state index is 13.4. The second-order valence-corrected chi connectivity index (χ2v) is 9.73. The van der Waals surface area contributed by atoms with Gasteiger partial charge in [-0.3, -0.25) is 9.10 Å². The van der Waals surface area contributed by atoms with Gasteiger partial charge >= 0.3 is 0 Å². The number of hydrogen-bond donors (Lipinski definition) is 0. The molecule has 1 saturated heterocycles. The molecule has 2 aromatic carbocycles. The molecule has 0 aromatic heterocycles. The second kappa shape index (κ2) is 8.92. The minimum Gasteiger partial charge on any atom is -0.339 e. The third-order valence-electron chi connectivity index (χ3n) is 4.94. The number of carbonyl (C=O) groups is 1. The van der Waals surface area contributed by atoms with Crippen molar-refractivity contribution in [2.75, 3.05) is 44.1 Å². The van der Waals surface area contributed by atoms with Gasteiger partial charge in [0.1, 0.15) is 6.54 Å². The Bertz CT molecular complexity index is 989. The first kappa shape index (κ1) is 21.9. The van der Waals surface area contributed by atoms with Crippen LogP contribution in [0, 0.1) is 6.92 Å². The number of amides is 1. The molecular formula is C20H23Cl2N3O3S. The average molecular weight is 456 g/mol. The highest BCUT2D eigenvalue weighted by Gasteiger charge is 2.31. The lowest BCUT2D eigenvalue weighted by molar-refractivity contribution is -0.131. The Kier molecular flexibility index (Phi) is 6.73. The second-order valence-electron chi connectivity index (χ2n) is 7.08. The topological polar surface area (TPSA) is 60.9 Å². The smallest absolute Gasteiger partial charge is 0.264 e. The summed E-state index contributed by atoms with van der Waals surface area (Å²) >= 11 is 12.4. The number of carbonyl (C=O) groups excluding carboxylic acids is 1. The Morgan fingerprint density at radius 1 is 1.03 bits per heavy atom. The van der Waals surface area contributed by atoms with E-state index in [-0.39, 0.29) is 33.1 Å². The molecule has 0 atom stereocenters. The van der Waals surface area contributed by atoms with Crippen molar-refractivity contribution in [1.82, 2.24) is 9.80 Å². The Hall–Kier alpha value is -1.80. The van der Waals surface area contributed by atoms with Gasteiger partial charge in [0.05, 0.1) is 20.6 Å². The molecule has 1 aliphatic heterocycles. The molecule has 1 aliphatic rings. The summed E-state index contributed by atoms with van der Waals surface area (Å²) in [6.07, 6.45) is 0. The Labute approximate surface area is 181 Å². The molecule has 29 heavy (non-hydrogen) atoms. The van der Waals surface area contributed by atoms with Gasteiger partial charge in [-0.25, -0.2) is 8.42 Å². The van der Waals surface area contributed by atoms with Crippen LogP contribution in [0.3, 0.4) is 0 Å². The number of likely N-dealkylation sites (N-methyl/N-ethyl adjacent to an activating group) is 1. The molecule has 9 heteroatoms. The third-order valence-corrected chi connectivity index (χ3v) is 7.53. The van der Waals surface area contributed by atoms with Crippen molar-refractivity contribution in [3.05, 3.63) is 58.1 Å². The van der Waals surface area contributed by atoms with Crippen LogP contribution in [-0.2, 0) is 14.8 Å². The minimum atomic E-state index is -4.02. The fraction of sp³-hybridized carbons (Fsp3) is 0.350. The molecule has 1 amide bonds. The van der Waals surface area contributed by atoms with Crippen LogP contribution in [0.2, 0.25) is 10.0 Å². The first-order chi connectivity index (χ1) is 13.7. The number of sulfonamides is 1. The minimum absolute atomic E-state index is 0.0883. The van der Waals surface area contributed by atoms with Crippen LogP contribution in [0.1, 0.15) is 5.56 Å². The van der Waals surface area contributed by atoms with Crippen molar-refractivity contribution >= 4 is 44.8 Å². The van der Waals surface area contributed by atoms with Crippen molar-refractivity contribution in [2.24, 2.45) is 0 Å². The summed E-state index contributed by atoms with van der Waals surface area (Å²) in [6, 6.07) is 11.2. The van der Waals surface area contributed by atoms with Gasteiger partial charge < -0.3 is 9.80 Å². The van der Waals surface area contributed by atoms with Crippen LogP contribution in [0.4, 0.5) is 5.69 Å². The average Bonchev–Trinajstić information content (AvgIpc) is 2.69. The summed E-state index contributed by atoms with van der Waals surface area (Å²) in [6.45, 7) is 4.12. The van der Waals surface area contributed by atoms with Gasteiger partial charge in [0.15, 0.2) is 0 Å². The van der Waals surface area contributed by atoms with Gasteiger partial charge in [-0.15, -0.1) is 0 Å². The van der Waals surface area contributed by atoms with Crippen LogP contribution < -0.4 is 4.31 Å². The molecule has 6 nitrogen and oxygen atoms in total. The largest absolute Gasteiger partial charge is 0.339 e. The van der Waals surface area contributed by atoms with Gasteiger partial charge in [0.25, 0.3) is 10.0 Å². The number of hydrogen-bond acceptors (Lipinski definition) is 4. The van der Waals surface area contributed by atoms with Crippen LogP contribution in [-0.4, -0.2) is 63.9 Å². The van der Waals surface area contributed by atoms with E-state index in [1.165, 1.54) is 12.1 Å². The van der Waals surface area contributed by atoms with Crippen LogP contribution >= 0.6 is 23.2 Å². The number of piperazine rings is 1. The SMILES string of the molecule is Cc1ccc(S(=O)(=O)N(CC(=O)N2CCN(C)CC2)c2cccc(Cl)c2Cl)cc1. The molecule has 0 saturated carbocycles. The van der Waals surface area contributed by atoms with E-state index >= 15 is 0 Å². The van der Waals surface area contributed by atoms with E-state index in [0.29, 0.717) is 13.1 Å². The van der Waals surface area contributed by atoms with Crippen molar-refractivity contribution in [3.8, 4) is 0 Å². The normalized spacial score (nSPS) is 15.4. The van der Waals surface area contributed by atoms with E-state index in [2.05, 4.69) is 4.90 Å². The Morgan fingerprint density at radius 2 is 1.66 bits per heavy atom. The molecule has 0 N–H and O–H groups in total. The van der Waals surface area contributed by atoms with Crippen LogP contribution in [0.5, 0.6) is 0 Å². The molecular weight excluding hydrogens is 433 g/mol. The number of nitrogens with zero attached hydrogens (tertiary/aromatic N) is 3. The maximum atomic E-state index is 13.4. The van der Waals surface area contributed by atoms with Gasteiger partial charge in [-0.2, -0.15) is 0 Å². The lowest BCUT2D eigenvalue weighted by atomic mass is 10.2. The van der Waals surface area contributed by atoms with Gasteiger partial charge in [-0.05, 0) is 38.2 Å². The summed E-state index contributed by atoms with van der Waals surface area (Å²) in [7, 11) is -2.03. The summed E-state index contributed by atoms with van der Waals surface area (Å²) in [5.41, 5.74) is 1.12. The lowest BCUT2D eigenvalue weighted by Gasteiger charge is -2.34. The van der Waals surface area contributed by atoms with E-state index in [1.54, 1.807) is 35.2 Å². The first-order valence-corrected chi connectivity index (χ1v) is 11.4. The lowest BCUT2D eigenvalue weighted by Crippen LogP contribution is -2.50. The summed E-state index contributed by atoms with van der Waals surface area (Å²) in [5, 5.41) is 0.316. The summed E-state index contributed by atoms with van der Waals surface area (Å²) in [4.78, 5) is 16.8. The van der Waals surface area contributed by atoms with Gasteiger partial charge in [0, 0.05) is 26.2 Å². The van der Waals surface area contributed by atoms with Gasteiger partial charge in [-0.1, -0.05) is 47.0 Å². The van der Waals surface area contributed by atoms with E-state index < -0.39 is 10.0 Å². The molecule has 2 aromatic rings. The van der Waals surface area contributed by atoms with Crippen LogP contribution in [0.25, 0.3) is 0 Å². The van der Waals surface area contributed by atoms with Crippen molar-refractivity contribution in [1.29, 1.82) is 0 Å². The quantitative estimate of drug-likeness (QED) is 0.693. The number of rotatable bonds is 5. The standard InChI is InChI=1S/C20H23Cl2N3O3S/c1-15-6-8-16(9-7-15)29(27,28)25(18-5-3-4-17(21)20(18)22)14-19(26)24-12-10-23(2)11-13-24/h3-9H,10-14H2,1-2H3. The third kappa shape index (κ3) is 4.86. The van der Waals surface area contributed by atoms with Crippen LogP contribution in [0.15, 0.2) is 47.4 Å². The van der Waals surface area contributed by atoms with Crippen molar-refractivity contribution in [3.63, 3.8) is 0 Å². The Balaban J connectivity index is 1.99. The van der Waals surface area contributed by atoms with E-state index in [4.69, 9.17) is 23.2 Å².